The molecule has 3 N–H and O–H groups in total. The van der Waals surface area contributed by atoms with Crippen LogP contribution in [0, 0.1) is 5.82 Å². The molecule has 0 heterocycles. The summed E-state index contributed by atoms with van der Waals surface area (Å²) in [5.41, 5.74) is 6.42. The molecule has 1 aromatic rings. The van der Waals surface area contributed by atoms with Crippen LogP contribution in [-0.4, -0.2) is 18.0 Å². The van der Waals surface area contributed by atoms with E-state index in [9.17, 15) is 9.18 Å². The second kappa shape index (κ2) is 5.80. The van der Waals surface area contributed by atoms with Crippen LogP contribution in [0.1, 0.15) is 36.0 Å². The van der Waals surface area contributed by atoms with Gasteiger partial charge in [-0.3, -0.25) is 4.79 Å². The van der Waals surface area contributed by atoms with Crippen molar-refractivity contribution in [2.24, 2.45) is 5.73 Å². The maximum absolute atomic E-state index is 12.9. The first-order chi connectivity index (χ1) is 8.58. The van der Waals surface area contributed by atoms with Gasteiger partial charge in [0, 0.05) is 16.6 Å². The number of halogens is 2. The van der Waals surface area contributed by atoms with Gasteiger partial charge in [-0.2, -0.15) is 0 Å². The minimum absolute atomic E-state index is 0.0157. The normalized spacial score (nSPS) is 23.7. The zero-order valence-corrected chi connectivity index (χ0v) is 11.5. The topological polar surface area (TPSA) is 55.1 Å². The first-order valence-electron chi connectivity index (χ1n) is 6.09. The Bertz CT molecular complexity index is 453. The van der Waals surface area contributed by atoms with E-state index in [0.29, 0.717) is 10.0 Å². The van der Waals surface area contributed by atoms with Crippen molar-refractivity contribution in [3.63, 3.8) is 0 Å². The van der Waals surface area contributed by atoms with E-state index in [1.807, 2.05) is 0 Å². The van der Waals surface area contributed by atoms with Gasteiger partial charge in [0.1, 0.15) is 5.82 Å². The van der Waals surface area contributed by atoms with Crippen LogP contribution in [0.5, 0.6) is 0 Å². The van der Waals surface area contributed by atoms with Crippen molar-refractivity contribution in [1.82, 2.24) is 5.32 Å². The summed E-state index contributed by atoms with van der Waals surface area (Å²) in [6.07, 6.45) is 4.05. The molecule has 5 heteroatoms. The van der Waals surface area contributed by atoms with Crippen LogP contribution in [0.4, 0.5) is 4.39 Å². The summed E-state index contributed by atoms with van der Waals surface area (Å²) in [4.78, 5) is 12.1. The van der Waals surface area contributed by atoms with Crippen LogP contribution in [0.15, 0.2) is 22.7 Å². The maximum atomic E-state index is 12.9. The van der Waals surface area contributed by atoms with E-state index >= 15 is 0 Å². The number of carbonyl (C=O) groups is 1. The highest BCUT2D eigenvalue weighted by Crippen LogP contribution is 2.20. The fraction of sp³-hybridized carbons (Fsp3) is 0.462. The highest BCUT2D eigenvalue weighted by atomic mass is 79.9. The van der Waals surface area contributed by atoms with Gasteiger partial charge in [-0.25, -0.2) is 4.39 Å². The van der Waals surface area contributed by atoms with E-state index in [1.54, 1.807) is 0 Å². The van der Waals surface area contributed by atoms with Gasteiger partial charge in [0.05, 0.1) is 5.56 Å². The van der Waals surface area contributed by atoms with Gasteiger partial charge in [-0.15, -0.1) is 0 Å². The van der Waals surface area contributed by atoms with Crippen molar-refractivity contribution in [3.8, 4) is 0 Å². The molecular weight excluding hydrogens is 299 g/mol. The van der Waals surface area contributed by atoms with Crippen molar-refractivity contribution >= 4 is 21.8 Å². The first kappa shape index (κ1) is 13.5. The van der Waals surface area contributed by atoms with Crippen LogP contribution < -0.4 is 11.1 Å². The lowest BCUT2D eigenvalue weighted by Gasteiger charge is -2.29. The Labute approximate surface area is 114 Å². The summed E-state index contributed by atoms with van der Waals surface area (Å²) in [5, 5.41) is 2.93. The van der Waals surface area contributed by atoms with Crippen molar-refractivity contribution in [2.75, 3.05) is 0 Å². The number of nitrogens with one attached hydrogen (secondary N) is 1. The molecule has 1 aliphatic carbocycles. The van der Waals surface area contributed by atoms with Gasteiger partial charge in [0.2, 0.25) is 0 Å². The van der Waals surface area contributed by atoms with Crippen LogP contribution in [0.3, 0.4) is 0 Å². The zero-order valence-electron chi connectivity index (χ0n) is 9.96. The molecule has 3 nitrogen and oxygen atoms in total. The lowest BCUT2D eigenvalue weighted by Crippen LogP contribution is -2.49. The van der Waals surface area contributed by atoms with Crippen LogP contribution >= 0.6 is 15.9 Å². The molecule has 0 radical (unpaired) electrons. The maximum Gasteiger partial charge on any atom is 0.252 e. The highest BCUT2D eigenvalue weighted by Gasteiger charge is 2.24. The second-order valence-corrected chi connectivity index (χ2v) is 5.51. The Morgan fingerprint density at radius 3 is 2.78 bits per heavy atom. The van der Waals surface area contributed by atoms with Crippen LogP contribution in [-0.2, 0) is 0 Å². The van der Waals surface area contributed by atoms with Gasteiger partial charge in [-0.05, 0) is 47.0 Å². The quantitative estimate of drug-likeness (QED) is 0.881. The molecule has 0 unspecified atom stereocenters. The number of hydrogen-bond donors (Lipinski definition) is 2. The molecule has 0 aliphatic heterocycles. The predicted molar refractivity (Wildman–Crippen MR) is 71.8 cm³/mol. The third-order valence-corrected chi connectivity index (χ3v) is 3.97. The molecule has 0 spiro atoms. The first-order valence-corrected chi connectivity index (χ1v) is 6.88. The van der Waals surface area contributed by atoms with E-state index in [2.05, 4.69) is 21.2 Å². The van der Waals surface area contributed by atoms with Gasteiger partial charge in [0.15, 0.2) is 0 Å². The SMILES string of the molecule is N[C@@H]1CCCC[C@H]1NC(=O)c1ccc(F)cc1Br. The summed E-state index contributed by atoms with van der Waals surface area (Å²) in [7, 11) is 0. The minimum atomic E-state index is -0.368. The van der Waals surface area contributed by atoms with E-state index in [0.717, 1.165) is 25.7 Å². The Kier molecular flexibility index (Phi) is 4.35. The molecule has 18 heavy (non-hydrogen) atoms. The summed E-state index contributed by atoms with van der Waals surface area (Å²) in [6.45, 7) is 0. The molecule has 98 valence electrons. The Hall–Kier alpha value is -0.940. The zero-order chi connectivity index (χ0) is 13.1. The second-order valence-electron chi connectivity index (χ2n) is 4.65. The van der Waals surface area contributed by atoms with Gasteiger partial charge < -0.3 is 11.1 Å². The number of carbonyl (C=O) groups excluding carboxylic acids is 1. The standard InChI is InChI=1S/C13H16BrFN2O/c14-10-7-8(15)5-6-9(10)13(18)17-12-4-2-1-3-11(12)16/h5-7,11-12H,1-4,16H2,(H,17,18)/t11-,12-/m1/s1. The van der Waals surface area contributed by atoms with E-state index < -0.39 is 0 Å². The third-order valence-electron chi connectivity index (χ3n) is 3.31. The third kappa shape index (κ3) is 3.09. The number of rotatable bonds is 2. The number of amides is 1. The lowest BCUT2D eigenvalue weighted by molar-refractivity contribution is 0.0920. The number of hydrogen-bond acceptors (Lipinski definition) is 2. The molecule has 0 aromatic heterocycles. The summed E-state index contributed by atoms with van der Waals surface area (Å²) >= 11 is 3.20. The van der Waals surface area contributed by atoms with E-state index in [4.69, 9.17) is 5.73 Å². The highest BCUT2D eigenvalue weighted by molar-refractivity contribution is 9.10. The molecule has 1 saturated carbocycles. The molecule has 1 amide bonds. The average Bonchev–Trinajstić information content (AvgIpc) is 2.32. The summed E-state index contributed by atoms with van der Waals surface area (Å²) in [5.74, 6) is -0.572. The van der Waals surface area contributed by atoms with E-state index in [-0.39, 0.29) is 23.8 Å². The molecule has 0 bridgehead atoms. The van der Waals surface area contributed by atoms with Gasteiger partial charge in [-0.1, -0.05) is 12.8 Å². The Balaban J connectivity index is 2.07. The Morgan fingerprint density at radius 1 is 1.39 bits per heavy atom. The fourth-order valence-corrected chi connectivity index (χ4v) is 2.79. The number of nitrogens with two attached hydrogens (primary N) is 1. The molecule has 2 rings (SSSR count). The van der Waals surface area contributed by atoms with Gasteiger partial charge in [0.25, 0.3) is 5.91 Å². The molecule has 2 atom stereocenters. The fourth-order valence-electron chi connectivity index (χ4n) is 2.26. The molecule has 0 saturated heterocycles. The molecule has 1 aliphatic rings. The van der Waals surface area contributed by atoms with E-state index in [1.165, 1.54) is 18.2 Å². The summed E-state index contributed by atoms with van der Waals surface area (Å²) in [6, 6.07) is 4.07. The largest absolute Gasteiger partial charge is 0.348 e. The smallest absolute Gasteiger partial charge is 0.252 e. The number of benzene rings is 1. The molecule has 1 fully saturated rings. The van der Waals surface area contributed by atoms with Crippen molar-refractivity contribution < 1.29 is 9.18 Å². The minimum Gasteiger partial charge on any atom is -0.348 e. The van der Waals surface area contributed by atoms with Crippen molar-refractivity contribution in [1.29, 1.82) is 0 Å². The lowest BCUT2D eigenvalue weighted by atomic mass is 9.91. The van der Waals surface area contributed by atoms with Crippen LogP contribution in [0.25, 0.3) is 0 Å². The van der Waals surface area contributed by atoms with Gasteiger partial charge >= 0.3 is 0 Å². The van der Waals surface area contributed by atoms with Crippen molar-refractivity contribution in [2.45, 2.75) is 37.8 Å². The summed E-state index contributed by atoms with van der Waals surface area (Å²) < 4.78 is 13.4. The van der Waals surface area contributed by atoms with Crippen LogP contribution in [0.2, 0.25) is 0 Å². The predicted octanol–water partition coefficient (Wildman–Crippen LogP) is 2.59. The molecule has 1 aromatic carbocycles. The Morgan fingerprint density at radius 2 is 2.11 bits per heavy atom. The molecular formula is C13H16BrFN2O. The van der Waals surface area contributed by atoms with Crippen molar-refractivity contribution in [3.05, 3.63) is 34.1 Å². The monoisotopic (exact) mass is 314 g/mol. The average molecular weight is 315 g/mol.